The quantitative estimate of drug-likeness (QED) is 0.558. The normalized spacial score (nSPS) is 12.6. The molecular weight excluding hydrogens is 409 g/mol. The Bertz CT molecular complexity index is 822. The van der Waals surface area contributed by atoms with Crippen LogP contribution < -0.4 is 10.1 Å². The third kappa shape index (κ3) is 7.88. The summed E-state index contributed by atoms with van der Waals surface area (Å²) in [6.45, 7) is 4.72. The van der Waals surface area contributed by atoms with Gasteiger partial charge in [-0.2, -0.15) is 13.2 Å². The number of hydrogen-bond acceptors (Lipinski definition) is 4. The molecule has 0 saturated heterocycles. The van der Waals surface area contributed by atoms with Crippen LogP contribution in [0.5, 0.6) is 5.75 Å². The zero-order valence-corrected chi connectivity index (χ0v) is 18.0. The number of amides is 1. The molecule has 5 nitrogen and oxygen atoms in total. The van der Waals surface area contributed by atoms with Gasteiger partial charge in [0.15, 0.2) is 0 Å². The number of halogens is 3. The standard InChI is InChI=1S/C23H29F3N2O3/c1-4-28(5-2)21(19-7-6-8-20(13-19)30-3)14-27-22(29)18-11-9-17(10-12-18)15-31-16-23(24,25)26/h6-13,21H,4-5,14-16H2,1-3H3,(H,27,29). The summed E-state index contributed by atoms with van der Waals surface area (Å²) in [5, 5.41) is 2.97. The Hall–Kier alpha value is -2.58. The van der Waals surface area contributed by atoms with E-state index in [1.54, 1.807) is 31.4 Å². The summed E-state index contributed by atoms with van der Waals surface area (Å²) in [6.07, 6.45) is -4.36. The summed E-state index contributed by atoms with van der Waals surface area (Å²) in [7, 11) is 1.62. The second-order valence-electron chi connectivity index (χ2n) is 7.03. The Labute approximate surface area is 181 Å². The van der Waals surface area contributed by atoms with Gasteiger partial charge in [0.1, 0.15) is 12.4 Å². The van der Waals surface area contributed by atoms with Gasteiger partial charge in [-0.15, -0.1) is 0 Å². The Kier molecular flexibility index (Phi) is 9.33. The van der Waals surface area contributed by atoms with Crippen LogP contribution in [0.25, 0.3) is 0 Å². The maximum absolute atomic E-state index is 12.6. The molecular formula is C23H29F3N2O3. The summed E-state index contributed by atoms with van der Waals surface area (Å²) in [6, 6.07) is 14.1. The molecule has 1 unspecified atom stereocenters. The van der Waals surface area contributed by atoms with E-state index in [0.717, 1.165) is 24.4 Å². The first-order valence-electron chi connectivity index (χ1n) is 10.2. The second kappa shape index (κ2) is 11.7. The zero-order valence-electron chi connectivity index (χ0n) is 18.0. The first kappa shape index (κ1) is 24.7. The van der Waals surface area contributed by atoms with Crippen LogP contribution in [-0.4, -0.2) is 50.3 Å². The molecule has 0 spiro atoms. The molecule has 0 heterocycles. The number of ether oxygens (including phenoxy) is 2. The molecule has 0 aliphatic rings. The van der Waals surface area contributed by atoms with Gasteiger partial charge in [0.25, 0.3) is 5.91 Å². The number of nitrogens with zero attached hydrogens (tertiary/aromatic N) is 1. The van der Waals surface area contributed by atoms with Crippen molar-refractivity contribution in [1.82, 2.24) is 10.2 Å². The van der Waals surface area contributed by atoms with Gasteiger partial charge in [0, 0.05) is 12.1 Å². The van der Waals surface area contributed by atoms with Gasteiger partial charge >= 0.3 is 6.18 Å². The van der Waals surface area contributed by atoms with E-state index < -0.39 is 12.8 Å². The molecule has 0 radical (unpaired) electrons. The van der Waals surface area contributed by atoms with E-state index in [1.807, 2.05) is 24.3 Å². The lowest BCUT2D eigenvalue weighted by molar-refractivity contribution is -0.176. The number of likely N-dealkylation sites (N-methyl/N-ethyl adjacent to an activating group) is 1. The first-order valence-corrected chi connectivity index (χ1v) is 10.2. The lowest BCUT2D eigenvalue weighted by atomic mass is 10.0. The number of carbonyl (C=O) groups is 1. The third-order valence-electron chi connectivity index (χ3n) is 4.94. The number of hydrogen-bond donors (Lipinski definition) is 1. The van der Waals surface area contributed by atoms with Gasteiger partial charge in [0.05, 0.1) is 19.8 Å². The fraction of sp³-hybridized carbons (Fsp3) is 0.435. The van der Waals surface area contributed by atoms with Crippen LogP contribution >= 0.6 is 0 Å². The number of nitrogens with one attached hydrogen (secondary N) is 1. The van der Waals surface area contributed by atoms with Crippen molar-refractivity contribution in [2.45, 2.75) is 32.7 Å². The van der Waals surface area contributed by atoms with E-state index in [2.05, 4.69) is 28.8 Å². The van der Waals surface area contributed by atoms with Gasteiger partial charge in [0.2, 0.25) is 0 Å². The Balaban J connectivity index is 2.01. The van der Waals surface area contributed by atoms with E-state index in [4.69, 9.17) is 4.74 Å². The Morgan fingerprint density at radius 3 is 2.35 bits per heavy atom. The minimum absolute atomic E-state index is 0.0240. The van der Waals surface area contributed by atoms with Gasteiger partial charge < -0.3 is 14.8 Å². The number of methoxy groups -OCH3 is 1. The Morgan fingerprint density at radius 2 is 1.77 bits per heavy atom. The molecule has 0 bridgehead atoms. The van der Waals surface area contributed by atoms with Crippen molar-refractivity contribution < 1.29 is 27.4 Å². The predicted molar refractivity (Wildman–Crippen MR) is 113 cm³/mol. The summed E-state index contributed by atoms with van der Waals surface area (Å²) in [5.41, 5.74) is 2.04. The van der Waals surface area contributed by atoms with E-state index >= 15 is 0 Å². The van der Waals surface area contributed by atoms with Crippen LogP contribution in [0, 0.1) is 0 Å². The van der Waals surface area contributed by atoms with Crippen molar-refractivity contribution in [2.24, 2.45) is 0 Å². The maximum atomic E-state index is 12.6. The van der Waals surface area contributed by atoms with Crippen molar-refractivity contribution >= 4 is 5.91 Å². The van der Waals surface area contributed by atoms with Crippen molar-refractivity contribution in [3.8, 4) is 5.75 Å². The van der Waals surface area contributed by atoms with E-state index in [-0.39, 0.29) is 18.6 Å². The van der Waals surface area contributed by atoms with Crippen LogP contribution in [0.15, 0.2) is 48.5 Å². The molecule has 2 aromatic carbocycles. The average molecular weight is 438 g/mol. The van der Waals surface area contributed by atoms with Crippen LogP contribution in [0.4, 0.5) is 13.2 Å². The van der Waals surface area contributed by atoms with Crippen molar-refractivity contribution in [3.05, 3.63) is 65.2 Å². The number of carbonyl (C=O) groups excluding carboxylic acids is 1. The highest BCUT2D eigenvalue weighted by atomic mass is 19.4. The highest BCUT2D eigenvalue weighted by molar-refractivity contribution is 5.94. The van der Waals surface area contributed by atoms with Gasteiger partial charge in [-0.1, -0.05) is 38.1 Å². The predicted octanol–water partition coefficient (Wildman–Crippen LogP) is 4.59. The van der Waals surface area contributed by atoms with Crippen molar-refractivity contribution in [3.63, 3.8) is 0 Å². The van der Waals surface area contributed by atoms with E-state index in [0.29, 0.717) is 17.7 Å². The number of alkyl halides is 3. The Morgan fingerprint density at radius 1 is 1.10 bits per heavy atom. The lowest BCUT2D eigenvalue weighted by Crippen LogP contribution is -2.38. The van der Waals surface area contributed by atoms with Crippen molar-refractivity contribution in [2.75, 3.05) is 33.4 Å². The molecule has 170 valence electrons. The smallest absolute Gasteiger partial charge is 0.411 e. The van der Waals surface area contributed by atoms with Gasteiger partial charge in [-0.05, 0) is 48.5 Å². The first-order chi connectivity index (χ1) is 14.8. The van der Waals surface area contributed by atoms with Crippen molar-refractivity contribution in [1.29, 1.82) is 0 Å². The SMILES string of the molecule is CCN(CC)C(CNC(=O)c1ccc(COCC(F)(F)F)cc1)c1cccc(OC)c1. The fourth-order valence-electron chi connectivity index (χ4n) is 3.30. The summed E-state index contributed by atoms with van der Waals surface area (Å²) in [5.74, 6) is 0.507. The molecule has 0 aliphatic carbocycles. The monoisotopic (exact) mass is 438 g/mol. The zero-order chi connectivity index (χ0) is 22.9. The van der Waals surface area contributed by atoms with E-state index in [9.17, 15) is 18.0 Å². The summed E-state index contributed by atoms with van der Waals surface area (Å²) >= 11 is 0. The summed E-state index contributed by atoms with van der Waals surface area (Å²) < 4.78 is 46.5. The lowest BCUT2D eigenvalue weighted by Gasteiger charge is -2.30. The molecule has 1 atom stereocenters. The molecule has 2 aromatic rings. The largest absolute Gasteiger partial charge is 0.497 e. The number of rotatable bonds is 11. The minimum atomic E-state index is -4.36. The number of benzene rings is 2. The molecule has 1 N–H and O–H groups in total. The molecule has 31 heavy (non-hydrogen) atoms. The topological polar surface area (TPSA) is 50.8 Å². The molecule has 8 heteroatoms. The van der Waals surface area contributed by atoms with Crippen LogP contribution in [0.1, 0.15) is 41.4 Å². The molecule has 0 aromatic heterocycles. The third-order valence-corrected chi connectivity index (χ3v) is 4.94. The highest BCUT2D eigenvalue weighted by Gasteiger charge is 2.27. The molecule has 0 aliphatic heterocycles. The molecule has 0 saturated carbocycles. The molecule has 1 amide bonds. The molecule has 0 fully saturated rings. The van der Waals surface area contributed by atoms with Crippen LogP contribution in [0.3, 0.4) is 0 Å². The van der Waals surface area contributed by atoms with Crippen LogP contribution in [0.2, 0.25) is 0 Å². The maximum Gasteiger partial charge on any atom is 0.411 e. The van der Waals surface area contributed by atoms with Gasteiger partial charge in [-0.25, -0.2) is 0 Å². The fourth-order valence-corrected chi connectivity index (χ4v) is 3.30. The average Bonchev–Trinajstić information content (AvgIpc) is 2.76. The van der Waals surface area contributed by atoms with Crippen LogP contribution in [-0.2, 0) is 11.3 Å². The molecule has 2 rings (SSSR count). The van der Waals surface area contributed by atoms with Gasteiger partial charge in [-0.3, -0.25) is 9.69 Å². The highest BCUT2D eigenvalue weighted by Crippen LogP contribution is 2.24. The summed E-state index contributed by atoms with van der Waals surface area (Å²) in [4.78, 5) is 14.9. The minimum Gasteiger partial charge on any atom is -0.497 e. The second-order valence-corrected chi connectivity index (χ2v) is 7.03. The van der Waals surface area contributed by atoms with E-state index in [1.165, 1.54) is 0 Å².